The number of aromatic nitrogens is 2. The highest BCUT2D eigenvalue weighted by molar-refractivity contribution is 5.23. The van der Waals surface area contributed by atoms with Crippen LogP contribution in [-0.4, -0.2) is 16.1 Å². The van der Waals surface area contributed by atoms with Crippen molar-refractivity contribution < 1.29 is 0 Å². The Kier molecular flexibility index (Phi) is 4.39. The Labute approximate surface area is 127 Å². The fourth-order valence-corrected chi connectivity index (χ4v) is 3.38. The molecule has 0 fully saturated rings. The topological polar surface area (TPSA) is 29.9 Å². The van der Waals surface area contributed by atoms with Crippen LogP contribution in [0.1, 0.15) is 48.6 Å². The Balaban J connectivity index is 1.88. The number of likely N-dealkylation sites (N-methyl/N-ethyl adjacent to an activating group) is 1. The third kappa shape index (κ3) is 3.03. The fourth-order valence-electron chi connectivity index (χ4n) is 3.38. The molecule has 1 aromatic carbocycles. The first-order valence-corrected chi connectivity index (χ1v) is 8.12. The maximum atomic E-state index is 4.79. The molecule has 0 spiro atoms. The zero-order valence-electron chi connectivity index (χ0n) is 13.1. The zero-order valence-corrected chi connectivity index (χ0v) is 13.1. The molecule has 0 radical (unpaired) electrons. The summed E-state index contributed by atoms with van der Waals surface area (Å²) < 4.78 is 2.44. The van der Waals surface area contributed by atoms with Gasteiger partial charge in [-0.2, -0.15) is 0 Å². The molecule has 1 unspecified atom stereocenters. The summed E-state index contributed by atoms with van der Waals surface area (Å²) in [6, 6.07) is 11.1. The van der Waals surface area contributed by atoms with Gasteiger partial charge in [-0.15, -0.1) is 0 Å². The number of rotatable bonds is 5. The van der Waals surface area contributed by atoms with Crippen molar-refractivity contribution in [3.05, 3.63) is 53.1 Å². The van der Waals surface area contributed by atoms with E-state index in [1.165, 1.54) is 42.0 Å². The summed E-state index contributed by atoms with van der Waals surface area (Å²) in [4.78, 5) is 4.79. The highest BCUT2D eigenvalue weighted by Gasteiger charge is 2.20. The van der Waals surface area contributed by atoms with Gasteiger partial charge in [0.05, 0.1) is 11.7 Å². The van der Waals surface area contributed by atoms with E-state index in [0.717, 1.165) is 19.5 Å². The van der Waals surface area contributed by atoms with Crippen LogP contribution in [0.15, 0.2) is 30.3 Å². The van der Waals surface area contributed by atoms with Gasteiger partial charge in [-0.3, -0.25) is 0 Å². The van der Waals surface area contributed by atoms with Gasteiger partial charge in [-0.05, 0) is 44.7 Å². The normalized spacial score (nSPS) is 15.7. The van der Waals surface area contributed by atoms with Crippen LogP contribution in [0.25, 0.3) is 0 Å². The number of aryl methyl sites for hydroxylation is 2. The van der Waals surface area contributed by atoms with Crippen molar-refractivity contribution in [3.63, 3.8) is 0 Å². The number of benzene rings is 1. The van der Waals surface area contributed by atoms with Crippen LogP contribution in [0.2, 0.25) is 0 Å². The molecule has 0 bridgehead atoms. The highest BCUT2D eigenvalue weighted by Crippen LogP contribution is 2.24. The summed E-state index contributed by atoms with van der Waals surface area (Å²) in [5.74, 6) is 1.17. The summed E-state index contributed by atoms with van der Waals surface area (Å²) in [6.07, 6.45) is 4.93. The third-order valence-corrected chi connectivity index (χ3v) is 4.44. The Morgan fingerprint density at radius 1 is 1.19 bits per heavy atom. The number of nitrogens with one attached hydrogen (secondary N) is 1. The molecule has 1 atom stereocenters. The molecule has 0 amide bonds. The molecule has 3 rings (SSSR count). The van der Waals surface area contributed by atoms with Gasteiger partial charge in [0.1, 0.15) is 5.82 Å². The monoisotopic (exact) mass is 283 g/mol. The predicted octanol–water partition coefficient (Wildman–Crippen LogP) is 3.42. The van der Waals surface area contributed by atoms with E-state index < -0.39 is 0 Å². The lowest BCUT2D eigenvalue weighted by Gasteiger charge is -2.22. The lowest BCUT2D eigenvalue weighted by Crippen LogP contribution is -2.26. The molecular formula is C18H25N3. The van der Waals surface area contributed by atoms with Crippen molar-refractivity contribution in [1.29, 1.82) is 0 Å². The number of fused-ring (bicyclic) bond motifs is 1. The molecule has 1 aromatic heterocycles. The molecule has 21 heavy (non-hydrogen) atoms. The third-order valence-electron chi connectivity index (χ3n) is 4.44. The average molecular weight is 283 g/mol. The van der Waals surface area contributed by atoms with Crippen LogP contribution in [0.4, 0.5) is 0 Å². The van der Waals surface area contributed by atoms with Crippen LogP contribution in [0, 0.1) is 6.92 Å². The van der Waals surface area contributed by atoms with Crippen molar-refractivity contribution >= 4 is 0 Å². The van der Waals surface area contributed by atoms with Gasteiger partial charge in [0.25, 0.3) is 0 Å². The van der Waals surface area contributed by atoms with Crippen molar-refractivity contribution in [2.24, 2.45) is 0 Å². The number of hydrogen-bond acceptors (Lipinski definition) is 2. The molecule has 2 aromatic rings. The van der Waals surface area contributed by atoms with Gasteiger partial charge in [-0.1, -0.05) is 37.3 Å². The molecule has 1 N–H and O–H groups in total. The van der Waals surface area contributed by atoms with Crippen LogP contribution < -0.4 is 5.32 Å². The van der Waals surface area contributed by atoms with E-state index in [1.807, 2.05) is 0 Å². The van der Waals surface area contributed by atoms with Crippen molar-refractivity contribution in [1.82, 2.24) is 14.9 Å². The van der Waals surface area contributed by atoms with Crippen LogP contribution in [0.5, 0.6) is 0 Å². The average Bonchev–Trinajstić information content (AvgIpc) is 2.84. The predicted molar refractivity (Wildman–Crippen MR) is 86.5 cm³/mol. The van der Waals surface area contributed by atoms with Gasteiger partial charge in [-0.25, -0.2) is 4.98 Å². The van der Waals surface area contributed by atoms with E-state index in [9.17, 15) is 0 Å². The molecule has 0 saturated heterocycles. The Morgan fingerprint density at radius 3 is 2.71 bits per heavy atom. The van der Waals surface area contributed by atoms with Gasteiger partial charge < -0.3 is 9.88 Å². The summed E-state index contributed by atoms with van der Waals surface area (Å²) in [5.41, 5.74) is 4.16. The second kappa shape index (κ2) is 6.44. The minimum Gasteiger partial charge on any atom is -0.330 e. The SMILES string of the molecule is CCNC(Cn1c(C)nc2c1CCCC2)c1ccccc1. The van der Waals surface area contributed by atoms with E-state index >= 15 is 0 Å². The minimum atomic E-state index is 0.357. The van der Waals surface area contributed by atoms with E-state index in [-0.39, 0.29) is 0 Å². The molecule has 112 valence electrons. The quantitative estimate of drug-likeness (QED) is 0.911. The van der Waals surface area contributed by atoms with Crippen molar-refractivity contribution in [3.8, 4) is 0 Å². The Morgan fingerprint density at radius 2 is 1.95 bits per heavy atom. The summed E-state index contributed by atoms with van der Waals surface area (Å²) in [5, 5.41) is 3.62. The number of hydrogen-bond donors (Lipinski definition) is 1. The molecule has 0 aliphatic heterocycles. The summed E-state index contributed by atoms with van der Waals surface area (Å²) in [6.45, 7) is 6.28. The Bertz CT molecular complexity index is 586. The first kappa shape index (κ1) is 14.3. The summed E-state index contributed by atoms with van der Waals surface area (Å²) >= 11 is 0. The minimum absolute atomic E-state index is 0.357. The van der Waals surface area contributed by atoms with E-state index in [4.69, 9.17) is 4.98 Å². The summed E-state index contributed by atoms with van der Waals surface area (Å²) in [7, 11) is 0. The molecular weight excluding hydrogens is 258 g/mol. The van der Waals surface area contributed by atoms with Gasteiger partial charge in [0.2, 0.25) is 0 Å². The van der Waals surface area contributed by atoms with E-state index in [0.29, 0.717) is 6.04 Å². The number of nitrogens with zero attached hydrogens (tertiary/aromatic N) is 2. The lowest BCUT2D eigenvalue weighted by atomic mass is 10.0. The van der Waals surface area contributed by atoms with E-state index in [1.54, 1.807) is 0 Å². The van der Waals surface area contributed by atoms with Crippen LogP contribution in [-0.2, 0) is 19.4 Å². The largest absolute Gasteiger partial charge is 0.330 e. The van der Waals surface area contributed by atoms with Gasteiger partial charge in [0.15, 0.2) is 0 Å². The van der Waals surface area contributed by atoms with Gasteiger partial charge in [0, 0.05) is 12.2 Å². The molecule has 1 aliphatic rings. The number of imidazole rings is 1. The fraction of sp³-hybridized carbons (Fsp3) is 0.500. The smallest absolute Gasteiger partial charge is 0.106 e. The second-order valence-corrected chi connectivity index (χ2v) is 5.89. The first-order chi connectivity index (χ1) is 10.3. The molecule has 0 saturated carbocycles. The highest BCUT2D eigenvalue weighted by atomic mass is 15.1. The van der Waals surface area contributed by atoms with E-state index in [2.05, 4.69) is 54.1 Å². The maximum Gasteiger partial charge on any atom is 0.106 e. The zero-order chi connectivity index (χ0) is 14.7. The lowest BCUT2D eigenvalue weighted by molar-refractivity contribution is 0.456. The van der Waals surface area contributed by atoms with Gasteiger partial charge >= 0.3 is 0 Å². The van der Waals surface area contributed by atoms with Crippen LogP contribution >= 0.6 is 0 Å². The van der Waals surface area contributed by atoms with Crippen LogP contribution in [0.3, 0.4) is 0 Å². The molecule has 1 aliphatic carbocycles. The first-order valence-electron chi connectivity index (χ1n) is 8.12. The van der Waals surface area contributed by atoms with Crippen molar-refractivity contribution in [2.75, 3.05) is 6.54 Å². The van der Waals surface area contributed by atoms with Crippen molar-refractivity contribution in [2.45, 2.75) is 52.1 Å². The second-order valence-electron chi connectivity index (χ2n) is 5.89. The Hall–Kier alpha value is -1.61. The molecule has 3 heteroatoms. The maximum absolute atomic E-state index is 4.79. The molecule has 3 nitrogen and oxygen atoms in total. The standard InChI is InChI=1S/C18H25N3/c1-3-19-17(15-9-5-4-6-10-15)13-21-14(2)20-16-11-7-8-12-18(16)21/h4-6,9-10,17,19H,3,7-8,11-13H2,1-2H3. The molecule has 1 heterocycles.